The van der Waals surface area contributed by atoms with Crippen molar-refractivity contribution >= 4 is 27.9 Å². The van der Waals surface area contributed by atoms with Gasteiger partial charge < -0.3 is 9.47 Å². The van der Waals surface area contributed by atoms with Gasteiger partial charge in [-0.2, -0.15) is 0 Å². The molecule has 0 saturated heterocycles. The summed E-state index contributed by atoms with van der Waals surface area (Å²) in [5.41, 5.74) is 1.57. The fraction of sp³-hybridized carbons (Fsp3) is 0.208. The molecule has 0 atom stereocenters. The molecule has 33 heavy (non-hydrogen) atoms. The summed E-state index contributed by atoms with van der Waals surface area (Å²) < 4.78 is 51.7. The molecule has 6 nitrogen and oxygen atoms in total. The van der Waals surface area contributed by atoms with E-state index < -0.39 is 21.8 Å². The maximum absolute atomic E-state index is 13.3. The highest BCUT2D eigenvalue weighted by Gasteiger charge is 2.27. The number of benzene rings is 3. The third-order valence-corrected chi connectivity index (χ3v) is 8.32. The van der Waals surface area contributed by atoms with Gasteiger partial charge in [0.2, 0.25) is 0 Å². The second kappa shape index (κ2) is 10.4. The summed E-state index contributed by atoms with van der Waals surface area (Å²) in [5, 5.41) is 0. The van der Waals surface area contributed by atoms with Gasteiger partial charge in [0.1, 0.15) is 17.3 Å². The van der Waals surface area contributed by atoms with E-state index >= 15 is 0 Å². The molecule has 0 radical (unpaired) electrons. The van der Waals surface area contributed by atoms with Crippen molar-refractivity contribution in [1.82, 2.24) is 3.71 Å². The molecule has 0 aliphatic rings. The van der Waals surface area contributed by atoms with Gasteiger partial charge in [-0.1, -0.05) is 13.0 Å². The molecule has 0 N–H and O–H groups in total. The lowest BCUT2D eigenvalue weighted by molar-refractivity contribution is 0.0599. The Morgan fingerprint density at radius 3 is 2.33 bits per heavy atom. The number of methoxy groups -OCH3 is 1. The highest BCUT2D eigenvalue weighted by Crippen LogP contribution is 2.32. The average Bonchev–Trinajstić information content (AvgIpc) is 2.79. The van der Waals surface area contributed by atoms with E-state index in [2.05, 4.69) is 0 Å². The number of carbonyl (C=O) groups is 1. The molecule has 0 amide bonds. The van der Waals surface area contributed by atoms with Crippen molar-refractivity contribution in [1.29, 1.82) is 0 Å². The summed E-state index contributed by atoms with van der Waals surface area (Å²) in [5.74, 6) is -0.126. The second-order valence-electron chi connectivity index (χ2n) is 7.15. The maximum atomic E-state index is 13.3. The van der Waals surface area contributed by atoms with Crippen LogP contribution in [-0.2, 0) is 14.8 Å². The molecule has 3 aromatic rings. The van der Waals surface area contributed by atoms with Crippen LogP contribution in [0.5, 0.6) is 11.5 Å². The zero-order valence-electron chi connectivity index (χ0n) is 18.7. The molecule has 0 spiro atoms. The summed E-state index contributed by atoms with van der Waals surface area (Å²) in [6.07, 6.45) is 0. The fourth-order valence-corrected chi connectivity index (χ4v) is 5.75. The van der Waals surface area contributed by atoms with E-state index in [0.717, 1.165) is 11.9 Å². The van der Waals surface area contributed by atoms with Crippen LogP contribution < -0.4 is 4.74 Å². The Morgan fingerprint density at radius 1 is 1.03 bits per heavy atom. The lowest BCUT2D eigenvalue weighted by Crippen LogP contribution is -2.25. The molecule has 3 rings (SSSR count). The molecular formula is C24H24FNO5S2. The van der Waals surface area contributed by atoms with E-state index in [-0.39, 0.29) is 17.0 Å². The molecule has 0 saturated carbocycles. The molecule has 0 aliphatic heterocycles. The molecule has 0 unspecified atom stereocenters. The van der Waals surface area contributed by atoms with E-state index in [1.54, 1.807) is 63.2 Å². The predicted molar refractivity (Wildman–Crippen MR) is 126 cm³/mol. The first-order valence-electron chi connectivity index (χ1n) is 10.1. The number of esters is 1. The third-order valence-electron chi connectivity index (χ3n) is 4.93. The van der Waals surface area contributed by atoms with Crippen molar-refractivity contribution in [3.8, 4) is 11.5 Å². The highest BCUT2D eigenvalue weighted by molar-refractivity contribution is 8.08. The van der Waals surface area contributed by atoms with E-state index in [1.807, 2.05) is 0 Å². The van der Waals surface area contributed by atoms with Crippen LogP contribution in [0, 0.1) is 19.7 Å². The summed E-state index contributed by atoms with van der Waals surface area (Å²) in [6.45, 7) is 5.43. The van der Waals surface area contributed by atoms with E-state index in [0.29, 0.717) is 27.5 Å². The first kappa shape index (κ1) is 24.8. The standard InChI is InChI=1S/C24H24FNO5S2/c1-5-26(33(28,29)22-13-16(2)17(3)23(15-22)24(27)30-4)32-21-11-9-19(10-12-21)31-20-8-6-7-18(25)14-20/h6-15H,5H2,1-4H3. The smallest absolute Gasteiger partial charge is 0.338 e. The number of carbonyl (C=O) groups excluding carboxylic acids is 1. The maximum Gasteiger partial charge on any atom is 0.338 e. The van der Waals surface area contributed by atoms with Gasteiger partial charge in [0.15, 0.2) is 0 Å². The molecule has 9 heteroatoms. The molecule has 3 aromatic carbocycles. The van der Waals surface area contributed by atoms with Crippen LogP contribution in [0.3, 0.4) is 0 Å². The Hall–Kier alpha value is -2.88. The monoisotopic (exact) mass is 489 g/mol. The number of ether oxygens (including phenoxy) is 2. The van der Waals surface area contributed by atoms with Crippen LogP contribution in [0.2, 0.25) is 0 Å². The summed E-state index contributed by atoms with van der Waals surface area (Å²) in [7, 11) is -2.64. The number of aryl methyl sites for hydroxylation is 1. The van der Waals surface area contributed by atoms with Gasteiger partial charge in [-0.25, -0.2) is 17.6 Å². The van der Waals surface area contributed by atoms with Crippen molar-refractivity contribution < 1.29 is 27.1 Å². The molecule has 0 aliphatic carbocycles. The zero-order chi connectivity index (χ0) is 24.2. The van der Waals surface area contributed by atoms with Crippen molar-refractivity contribution in [2.75, 3.05) is 13.7 Å². The first-order chi connectivity index (χ1) is 15.6. The topological polar surface area (TPSA) is 72.9 Å². The number of sulfonamides is 1. The van der Waals surface area contributed by atoms with Crippen LogP contribution in [0.25, 0.3) is 0 Å². The Bertz CT molecular complexity index is 1260. The number of halogens is 1. The van der Waals surface area contributed by atoms with Gasteiger partial charge in [-0.05, 0) is 85.5 Å². The van der Waals surface area contributed by atoms with Crippen LogP contribution in [0.15, 0.2) is 70.5 Å². The van der Waals surface area contributed by atoms with E-state index in [1.165, 1.54) is 29.0 Å². The third kappa shape index (κ3) is 5.73. The summed E-state index contributed by atoms with van der Waals surface area (Å²) in [6, 6.07) is 15.5. The quantitative estimate of drug-likeness (QED) is 0.297. The lowest BCUT2D eigenvalue weighted by Gasteiger charge is -2.20. The largest absolute Gasteiger partial charge is 0.465 e. The molecule has 174 valence electrons. The lowest BCUT2D eigenvalue weighted by atomic mass is 10.0. The number of hydrogen-bond donors (Lipinski definition) is 0. The van der Waals surface area contributed by atoms with E-state index in [9.17, 15) is 17.6 Å². The van der Waals surface area contributed by atoms with Crippen molar-refractivity contribution in [3.05, 3.63) is 83.2 Å². The normalized spacial score (nSPS) is 11.5. The SMILES string of the molecule is CCN(Sc1ccc(Oc2cccc(F)c2)cc1)S(=O)(=O)c1cc(C)c(C)c(C(=O)OC)c1. The number of hydrogen-bond acceptors (Lipinski definition) is 6. The first-order valence-corrected chi connectivity index (χ1v) is 12.3. The second-order valence-corrected chi connectivity index (χ2v) is 10.3. The Balaban J connectivity index is 1.83. The summed E-state index contributed by atoms with van der Waals surface area (Å²) >= 11 is 1.05. The molecule has 0 bridgehead atoms. The van der Waals surface area contributed by atoms with Gasteiger partial charge in [-0.3, -0.25) is 0 Å². The van der Waals surface area contributed by atoms with Crippen LogP contribution in [0.1, 0.15) is 28.4 Å². The van der Waals surface area contributed by atoms with Crippen molar-refractivity contribution in [2.45, 2.75) is 30.6 Å². The van der Waals surface area contributed by atoms with Gasteiger partial charge in [-0.15, -0.1) is 3.71 Å². The van der Waals surface area contributed by atoms with E-state index in [4.69, 9.17) is 9.47 Å². The van der Waals surface area contributed by atoms with Gasteiger partial charge in [0.25, 0.3) is 10.0 Å². The average molecular weight is 490 g/mol. The minimum Gasteiger partial charge on any atom is -0.465 e. The predicted octanol–water partition coefficient (Wildman–Crippen LogP) is 5.74. The minimum atomic E-state index is -3.90. The molecule has 0 heterocycles. The fourth-order valence-electron chi connectivity index (χ4n) is 3.05. The van der Waals surface area contributed by atoms with Crippen LogP contribution in [0.4, 0.5) is 4.39 Å². The molecular weight excluding hydrogens is 465 g/mol. The Labute approximate surface area is 197 Å². The zero-order valence-corrected chi connectivity index (χ0v) is 20.3. The van der Waals surface area contributed by atoms with Crippen LogP contribution >= 0.6 is 11.9 Å². The molecule has 0 fully saturated rings. The Morgan fingerprint density at radius 2 is 1.73 bits per heavy atom. The van der Waals surface area contributed by atoms with Crippen molar-refractivity contribution in [2.24, 2.45) is 0 Å². The summed E-state index contributed by atoms with van der Waals surface area (Å²) in [4.78, 5) is 12.8. The number of nitrogens with zero attached hydrogens (tertiary/aromatic N) is 1. The Kier molecular flexibility index (Phi) is 7.78. The van der Waals surface area contributed by atoms with Crippen LogP contribution in [-0.4, -0.2) is 31.8 Å². The minimum absolute atomic E-state index is 0.0198. The highest BCUT2D eigenvalue weighted by atomic mass is 32.3. The number of rotatable bonds is 8. The van der Waals surface area contributed by atoms with Gasteiger partial charge >= 0.3 is 5.97 Å². The van der Waals surface area contributed by atoms with Gasteiger partial charge in [0, 0.05) is 17.5 Å². The van der Waals surface area contributed by atoms with Gasteiger partial charge in [0.05, 0.1) is 17.6 Å². The molecule has 0 aromatic heterocycles. The van der Waals surface area contributed by atoms with Crippen molar-refractivity contribution in [3.63, 3.8) is 0 Å².